The molecule has 11 heteroatoms. The zero-order valence-electron chi connectivity index (χ0n) is 15.2. The molecule has 0 aliphatic rings. The Morgan fingerprint density at radius 2 is 1.93 bits per heavy atom. The van der Waals surface area contributed by atoms with E-state index in [1.54, 1.807) is 7.05 Å². The van der Waals surface area contributed by atoms with Crippen molar-refractivity contribution in [2.45, 2.75) is 25.9 Å². The number of nitrogens with zero attached hydrogens (tertiary/aromatic N) is 2. The zero-order valence-corrected chi connectivity index (χ0v) is 18.3. The number of aliphatic imine (C=N–C) groups is 1. The van der Waals surface area contributed by atoms with E-state index in [0.717, 1.165) is 32.1 Å². The molecule has 0 aliphatic heterocycles. The average molecular weight is 525 g/mol. The lowest BCUT2D eigenvalue weighted by atomic mass is 10.3. The first-order valence-electron chi connectivity index (χ1n) is 8.26. The maximum absolute atomic E-state index is 12.5. The Morgan fingerprint density at radius 1 is 1.22 bits per heavy atom. The van der Waals surface area contributed by atoms with Gasteiger partial charge < -0.3 is 20.1 Å². The van der Waals surface area contributed by atoms with E-state index in [2.05, 4.69) is 20.6 Å². The Kier molecular flexibility index (Phi) is 13.5. The highest BCUT2D eigenvalue weighted by molar-refractivity contribution is 14.0. The quantitative estimate of drug-likeness (QED) is 0.211. The monoisotopic (exact) mass is 524 g/mol. The Morgan fingerprint density at radius 3 is 2.52 bits per heavy atom. The fraction of sp³-hybridized carbons (Fsp3) is 0.625. The minimum Gasteiger partial charge on any atom is -0.475 e. The lowest BCUT2D eigenvalue weighted by Crippen LogP contribution is -2.39. The van der Waals surface area contributed by atoms with Crippen molar-refractivity contribution in [3.63, 3.8) is 0 Å². The molecule has 1 aromatic heterocycles. The topological polar surface area (TPSA) is 67.8 Å². The maximum Gasteiger partial charge on any atom is 0.417 e. The van der Waals surface area contributed by atoms with Crippen molar-refractivity contribution >= 4 is 41.5 Å². The van der Waals surface area contributed by atoms with Crippen molar-refractivity contribution in [2.75, 3.05) is 40.0 Å². The lowest BCUT2D eigenvalue weighted by molar-refractivity contribution is -0.137. The van der Waals surface area contributed by atoms with Crippen LogP contribution in [-0.4, -0.2) is 50.9 Å². The summed E-state index contributed by atoms with van der Waals surface area (Å²) in [6.45, 7) is 4.72. The largest absolute Gasteiger partial charge is 0.475 e. The van der Waals surface area contributed by atoms with Crippen LogP contribution in [0.1, 0.15) is 25.3 Å². The number of hydrogen-bond acceptors (Lipinski definition) is 4. The van der Waals surface area contributed by atoms with Crippen molar-refractivity contribution in [3.8, 4) is 5.88 Å². The Bertz CT molecular complexity index is 577. The number of pyridine rings is 1. The average Bonchev–Trinajstić information content (AvgIpc) is 2.59. The van der Waals surface area contributed by atoms with Crippen molar-refractivity contribution in [2.24, 2.45) is 4.99 Å². The van der Waals surface area contributed by atoms with Gasteiger partial charge >= 0.3 is 6.18 Å². The van der Waals surface area contributed by atoms with E-state index >= 15 is 0 Å². The molecule has 1 heterocycles. The predicted molar refractivity (Wildman–Crippen MR) is 110 cm³/mol. The second-order valence-corrected chi connectivity index (χ2v) is 5.59. The van der Waals surface area contributed by atoms with Crippen LogP contribution >= 0.6 is 35.6 Å². The van der Waals surface area contributed by atoms with Gasteiger partial charge in [0.1, 0.15) is 11.6 Å². The van der Waals surface area contributed by atoms with E-state index in [1.165, 1.54) is 0 Å². The summed E-state index contributed by atoms with van der Waals surface area (Å²) in [6, 6.07) is 0.792. The standard InChI is InChI=1S/C16H24ClF3N4O2.HI/c1-3-25-8-5-4-6-22-15(21-2)23-7-9-26-14-13(17)10-12(11-24-14)16(18,19)20;/h10-11H,3-9H2,1-2H3,(H2,21,22,23);1H. The maximum atomic E-state index is 12.5. The number of guanidine groups is 1. The van der Waals surface area contributed by atoms with Gasteiger partial charge in [-0.2, -0.15) is 13.2 Å². The second-order valence-electron chi connectivity index (χ2n) is 5.19. The molecule has 0 bridgehead atoms. The molecular weight excluding hydrogens is 500 g/mol. The lowest BCUT2D eigenvalue weighted by Gasteiger charge is -2.13. The highest BCUT2D eigenvalue weighted by atomic mass is 127. The number of unbranched alkanes of at least 4 members (excludes halogenated alkanes) is 1. The van der Waals surface area contributed by atoms with Gasteiger partial charge in [0.05, 0.1) is 12.1 Å². The molecule has 0 unspecified atom stereocenters. The molecule has 0 aromatic carbocycles. The van der Waals surface area contributed by atoms with Crippen LogP contribution in [-0.2, 0) is 10.9 Å². The number of hydrogen-bond donors (Lipinski definition) is 2. The van der Waals surface area contributed by atoms with Gasteiger partial charge in [-0.25, -0.2) is 4.98 Å². The van der Waals surface area contributed by atoms with Crippen LogP contribution in [0.15, 0.2) is 17.3 Å². The van der Waals surface area contributed by atoms with E-state index in [1.807, 2.05) is 6.92 Å². The molecule has 0 fully saturated rings. The third kappa shape index (κ3) is 10.8. The second kappa shape index (κ2) is 14.1. The minimum atomic E-state index is -4.49. The Balaban J connectivity index is 0.00000676. The third-order valence-electron chi connectivity index (χ3n) is 3.20. The van der Waals surface area contributed by atoms with Gasteiger partial charge in [0.25, 0.3) is 0 Å². The smallest absolute Gasteiger partial charge is 0.417 e. The van der Waals surface area contributed by atoms with Crippen molar-refractivity contribution in [1.29, 1.82) is 0 Å². The number of alkyl halides is 3. The first kappa shape index (κ1) is 26.0. The molecule has 156 valence electrons. The van der Waals surface area contributed by atoms with Crippen molar-refractivity contribution < 1.29 is 22.6 Å². The predicted octanol–water partition coefficient (Wildman–Crippen LogP) is 3.73. The zero-order chi connectivity index (χ0) is 19.4. The summed E-state index contributed by atoms with van der Waals surface area (Å²) in [6.07, 6.45) is -1.89. The molecule has 0 radical (unpaired) electrons. The molecule has 0 saturated heterocycles. The number of rotatable bonds is 10. The number of nitrogens with one attached hydrogen (secondary N) is 2. The van der Waals surface area contributed by atoms with Gasteiger partial charge in [0.15, 0.2) is 5.96 Å². The molecule has 0 saturated carbocycles. The van der Waals surface area contributed by atoms with Crippen LogP contribution in [0.2, 0.25) is 5.02 Å². The van der Waals surface area contributed by atoms with Crippen LogP contribution in [0.4, 0.5) is 13.2 Å². The molecule has 1 rings (SSSR count). The van der Waals surface area contributed by atoms with Crippen LogP contribution in [0, 0.1) is 0 Å². The van der Waals surface area contributed by atoms with Gasteiger partial charge in [-0.05, 0) is 25.8 Å². The summed E-state index contributed by atoms with van der Waals surface area (Å²) in [5, 5.41) is 5.99. The molecule has 0 atom stereocenters. The van der Waals surface area contributed by atoms with Gasteiger partial charge in [0, 0.05) is 33.0 Å². The fourth-order valence-corrected chi connectivity index (χ4v) is 2.13. The van der Waals surface area contributed by atoms with Crippen molar-refractivity contribution in [3.05, 3.63) is 22.8 Å². The summed E-state index contributed by atoms with van der Waals surface area (Å²) >= 11 is 5.77. The summed E-state index contributed by atoms with van der Waals surface area (Å²) in [5.41, 5.74) is -0.915. The summed E-state index contributed by atoms with van der Waals surface area (Å²) in [7, 11) is 1.64. The van der Waals surface area contributed by atoms with Crippen LogP contribution in [0.3, 0.4) is 0 Å². The van der Waals surface area contributed by atoms with E-state index < -0.39 is 11.7 Å². The van der Waals surface area contributed by atoms with E-state index in [9.17, 15) is 13.2 Å². The van der Waals surface area contributed by atoms with Gasteiger partial charge in [-0.1, -0.05) is 11.6 Å². The molecule has 0 amide bonds. The van der Waals surface area contributed by atoms with Gasteiger partial charge in [-0.15, -0.1) is 24.0 Å². The Labute approximate surface area is 179 Å². The third-order valence-corrected chi connectivity index (χ3v) is 3.47. The highest BCUT2D eigenvalue weighted by Crippen LogP contribution is 2.32. The summed E-state index contributed by atoms with van der Waals surface area (Å²) < 4.78 is 48.2. The molecule has 0 spiro atoms. The van der Waals surface area contributed by atoms with E-state index in [4.69, 9.17) is 21.1 Å². The first-order chi connectivity index (χ1) is 12.4. The highest BCUT2D eigenvalue weighted by Gasteiger charge is 2.31. The molecular formula is C16H25ClF3IN4O2. The summed E-state index contributed by atoms with van der Waals surface area (Å²) in [5.74, 6) is 0.567. The summed E-state index contributed by atoms with van der Waals surface area (Å²) in [4.78, 5) is 7.67. The molecule has 1 aromatic rings. The van der Waals surface area contributed by atoms with Crippen molar-refractivity contribution in [1.82, 2.24) is 15.6 Å². The molecule has 0 aliphatic carbocycles. The number of ether oxygens (including phenoxy) is 2. The van der Waals surface area contributed by atoms with E-state index in [-0.39, 0.29) is 41.5 Å². The van der Waals surface area contributed by atoms with E-state index in [0.29, 0.717) is 25.3 Å². The van der Waals surface area contributed by atoms with Crippen LogP contribution in [0.5, 0.6) is 5.88 Å². The molecule has 2 N–H and O–H groups in total. The van der Waals surface area contributed by atoms with Crippen LogP contribution in [0.25, 0.3) is 0 Å². The normalized spacial score (nSPS) is 11.7. The fourth-order valence-electron chi connectivity index (χ4n) is 1.90. The Hall–Kier alpha value is -1.01. The van der Waals surface area contributed by atoms with Gasteiger partial charge in [-0.3, -0.25) is 4.99 Å². The number of aromatic nitrogens is 1. The van der Waals surface area contributed by atoms with Gasteiger partial charge in [0.2, 0.25) is 5.88 Å². The minimum absolute atomic E-state index is 0. The first-order valence-corrected chi connectivity index (χ1v) is 8.64. The molecule has 27 heavy (non-hydrogen) atoms. The number of halogens is 5. The van der Waals surface area contributed by atoms with Crippen LogP contribution < -0.4 is 15.4 Å². The molecule has 6 nitrogen and oxygen atoms in total. The SMILES string of the molecule is CCOCCCCNC(=NC)NCCOc1ncc(C(F)(F)F)cc1Cl.I.